The topological polar surface area (TPSA) is 100 Å². The van der Waals surface area contributed by atoms with Crippen molar-refractivity contribution in [1.29, 1.82) is 5.26 Å². The fourth-order valence-corrected chi connectivity index (χ4v) is 2.92. The zero-order valence-electron chi connectivity index (χ0n) is 12.1. The summed E-state index contributed by atoms with van der Waals surface area (Å²) in [7, 11) is 1.65. The third kappa shape index (κ3) is 3.58. The van der Waals surface area contributed by atoms with Crippen LogP contribution < -0.4 is 16.2 Å². The quantitative estimate of drug-likeness (QED) is 0.592. The van der Waals surface area contributed by atoms with Gasteiger partial charge in [-0.1, -0.05) is 0 Å². The van der Waals surface area contributed by atoms with Gasteiger partial charge in [0.15, 0.2) is 0 Å². The highest BCUT2D eigenvalue weighted by molar-refractivity contribution is 7.18. The van der Waals surface area contributed by atoms with E-state index >= 15 is 0 Å². The maximum absolute atomic E-state index is 8.83. The lowest BCUT2D eigenvalue weighted by Crippen LogP contribution is -2.29. The van der Waals surface area contributed by atoms with Gasteiger partial charge < -0.3 is 9.64 Å². The molecule has 0 amide bonds. The van der Waals surface area contributed by atoms with Crippen molar-refractivity contribution < 1.29 is 4.74 Å². The number of hydrazine groups is 1. The minimum atomic E-state index is 0.374. The normalized spacial score (nSPS) is 10.6. The zero-order chi connectivity index (χ0) is 15.2. The molecule has 8 heteroatoms. The molecule has 2 aromatic heterocycles. The van der Waals surface area contributed by atoms with E-state index in [4.69, 9.17) is 15.8 Å². The van der Waals surface area contributed by atoms with E-state index in [1.54, 1.807) is 18.4 Å². The van der Waals surface area contributed by atoms with Crippen molar-refractivity contribution in [3.63, 3.8) is 0 Å². The van der Waals surface area contributed by atoms with E-state index in [0.29, 0.717) is 32.1 Å². The van der Waals surface area contributed by atoms with Crippen molar-refractivity contribution in [2.45, 2.75) is 13.3 Å². The second kappa shape index (κ2) is 7.17. The molecule has 0 aliphatic rings. The lowest BCUT2D eigenvalue weighted by molar-refractivity contribution is 0.205. The molecule has 0 bridgehead atoms. The number of nitrogens with two attached hydrogens (primary N) is 1. The Morgan fingerprint density at radius 3 is 2.95 bits per heavy atom. The Morgan fingerprint density at radius 2 is 2.29 bits per heavy atom. The van der Waals surface area contributed by atoms with Gasteiger partial charge >= 0.3 is 0 Å². The van der Waals surface area contributed by atoms with Crippen molar-refractivity contribution in [3.05, 3.63) is 10.9 Å². The van der Waals surface area contributed by atoms with Crippen molar-refractivity contribution in [1.82, 2.24) is 9.97 Å². The SMILES string of the molecule is COCCN(CCC#N)c1nc(NN)nc2sc(C)cc12. The van der Waals surface area contributed by atoms with Crippen molar-refractivity contribution in [2.75, 3.05) is 37.1 Å². The number of hydrogen-bond acceptors (Lipinski definition) is 8. The predicted molar refractivity (Wildman–Crippen MR) is 84.3 cm³/mol. The van der Waals surface area contributed by atoms with Crippen LogP contribution in [0.4, 0.5) is 11.8 Å². The van der Waals surface area contributed by atoms with Crippen LogP contribution in [0.5, 0.6) is 0 Å². The van der Waals surface area contributed by atoms with Crippen molar-refractivity contribution in [3.8, 4) is 6.07 Å². The highest BCUT2D eigenvalue weighted by Gasteiger charge is 2.16. The first-order valence-corrected chi connectivity index (χ1v) is 7.37. The van der Waals surface area contributed by atoms with E-state index in [1.165, 1.54) is 0 Å². The maximum Gasteiger partial charge on any atom is 0.240 e. The van der Waals surface area contributed by atoms with Gasteiger partial charge in [0.2, 0.25) is 5.95 Å². The molecular weight excluding hydrogens is 288 g/mol. The number of anilines is 2. The van der Waals surface area contributed by atoms with Crippen LogP contribution in [-0.4, -0.2) is 36.8 Å². The van der Waals surface area contributed by atoms with Crippen LogP contribution in [0.1, 0.15) is 11.3 Å². The number of nitrogens with one attached hydrogen (secondary N) is 1. The van der Waals surface area contributed by atoms with Crippen molar-refractivity contribution in [2.24, 2.45) is 5.84 Å². The summed E-state index contributed by atoms with van der Waals surface area (Å²) in [4.78, 5) is 12.9. The molecule has 2 rings (SSSR count). The highest BCUT2D eigenvalue weighted by atomic mass is 32.1. The van der Waals surface area contributed by atoms with Crippen LogP contribution in [-0.2, 0) is 4.74 Å². The molecule has 21 heavy (non-hydrogen) atoms. The number of hydrogen-bond donors (Lipinski definition) is 2. The van der Waals surface area contributed by atoms with E-state index in [1.807, 2.05) is 11.8 Å². The summed E-state index contributed by atoms with van der Waals surface area (Å²) in [5, 5.41) is 9.81. The Balaban J connectivity index is 2.45. The molecule has 0 radical (unpaired) electrons. The number of aryl methyl sites for hydroxylation is 1. The van der Waals surface area contributed by atoms with E-state index in [0.717, 1.165) is 20.9 Å². The number of fused-ring (bicyclic) bond motifs is 1. The lowest BCUT2D eigenvalue weighted by atomic mass is 10.3. The summed E-state index contributed by atoms with van der Waals surface area (Å²) in [6, 6.07) is 4.22. The average Bonchev–Trinajstić information content (AvgIpc) is 2.86. The fraction of sp³-hybridized carbons (Fsp3) is 0.462. The molecule has 0 saturated heterocycles. The number of nitriles is 1. The second-order valence-electron chi connectivity index (χ2n) is 4.48. The number of nitrogen functional groups attached to an aromatic ring is 1. The number of methoxy groups -OCH3 is 1. The number of thiophene rings is 1. The number of ether oxygens (including phenoxy) is 1. The molecule has 0 aliphatic carbocycles. The molecule has 0 unspecified atom stereocenters. The minimum Gasteiger partial charge on any atom is -0.383 e. The molecule has 0 saturated carbocycles. The number of nitrogens with zero attached hydrogens (tertiary/aromatic N) is 4. The largest absolute Gasteiger partial charge is 0.383 e. The smallest absolute Gasteiger partial charge is 0.240 e. The summed E-state index contributed by atoms with van der Waals surface area (Å²) in [6.07, 6.45) is 0.420. The Bertz CT molecular complexity index is 650. The zero-order valence-corrected chi connectivity index (χ0v) is 12.9. The van der Waals surface area contributed by atoms with Gasteiger partial charge in [0.05, 0.1) is 24.5 Å². The van der Waals surface area contributed by atoms with Gasteiger partial charge in [-0.3, -0.25) is 5.43 Å². The van der Waals surface area contributed by atoms with Gasteiger partial charge in [0.25, 0.3) is 0 Å². The Hall–Kier alpha value is -1.95. The van der Waals surface area contributed by atoms with Crippen LogP contribution in [0.3, 0.4) is 0 Å². The van der Waals surface area contributed by atoms with E-state index < -0.39 is 0 Å². The third-order valence-corrected chi connectivity index (χ3v) is 3.93. The molecule has 2 heterocycles. The van der Waals surface area contributed by atoms with E-state index in [2.05, 4.69) is 27.5 Å². The van der Waals surface area contributed by atoms with Gasteiger partial charge in [-0.05, 0) is 13.0 Å². The predicted octanol–water partition coefficient (Wildman–Crippen LogP) is 1.65. The monoisotopic (exact) mass is 306 g/mol. The standard InChI is InChI=1S/C13H18N6OS/c1-9-8-10-11(16-13(18-15)17-12(10)21-9)19(5-3-4-14)6-7-20-2/h8H,3,5-7,15H2,1-2H3,(H,16,17,18). The Labute approximate surface area is 127 Å². The summed E-state index contributed by atoms with van der Waals surface area (Å²) in [5.41, 5.74) is 2.50. The fourth-order valence-electron chi connectivity index (χ4n) is 2.04. The van der Waals surface area contributed by atoms with Gasteiger partial charge in [-0.15, -0.1) is 11.3 Å². The average molecular weight is 306 g/mol. The lowest BCUT2D eigenvalue weighted by Gasteiger charge is -2.23. The molecule has 0 spiro atoms. The van der Waals surface area contributed by atoms with E-state index in [-0.39, 0.29) is 0 Å². The molecule has 0 fully saturated rings. The molecule has 0 aromatic carbocycles. The Kier molecular flexibility index (Phi) is 5.27. The first kappa shape index (κ1) is 15.4. The number of rotatable bonds is 7. The molecule has 112 valence electrons. The number of aromatic nitrogens is 2. The summed E-state index contributed by atoms with van der Waals surface area (Å²) in [6.45, 7) is 3.83. The highest BCUT2D eigenvalue weighted by Crippen LogP contribution is 2.31. The molecule has 7 nitrogen and oxygen atoms in total. The third-order valence-electron chi connectivity index (χ3n) is 2.98. The molecular formula is C13H18N6OS. The summed E-state index contributed by atoms with van der Waals surface area (Å²) < 4.78 is 5.14. The second-order valence-corrected chi connectivity index (χ2v) is 5.71. The van der Waals surface area contributed by atoms with Crippen LogP contribution in [0.2, 0.25) is 0 Å². The van der Waals surface area contributed by atoms with Gasteiger partial charge in [-0.25, -0.2) is 10.8 Å². The first-order valence-electron chi connectivity index (χ1n) is 6.55. The minimum absolute atomic E-state index is 0.374. The Morgan fingerprint density at radius 1 is 1.48 bits per heavy atom. The van der Waals surface area contributed by atoms with Gasteiger partial charge in [-0.2, -0.15) is 10.2 Å². The molecule has 0 atom stereocenters. The van der Waals surface area contributed by atoms with Crippen LogP contribution in [0.25, 0.3) is 10.2 Å². The summed E-state index contributed by atoms with van der Waals surface area (Å²) >= 11 is 1.59. The molecule has 2 aromatic rings. The van der Waals surface area contributed by atoms with E-state index in [9.17, 15) is 0 Å². The summed E-state index contributed by atoms with van der Waals surface area (Å²) in [5.74, 6) is 6.61. The maximum atomic E-state index is 8.83. The van der Waals surface area contributed by atoms with Crippen molar-refractivity contribution >= 4 is 33.3 Å². The molecule has 0 aliphatic heterocycles. The molecule has 3 N–H and O–H groups in total. The van der Waals surface area contributed by atoms with Crippen LogP contribution >= 0.6 is 11.3 Å². The van der Waals surface area contributed by atoms with Gasteiger partial charge in [0, 0.05) is 25.1 Å². The first-order chi connectivity index (χ1) is 10.2. The van der Waals surface area contributed by atoms with Crippen LogP contribution in [0.15, 0.2) is 6.07 Å². The van der Waals surface area contributed by atoms with Gasteiger partial charge in [0.1, 0.15) is 10.6 Å². The van der Waals surface area contributed by atoms with Crippen LogP contribution in [0, 0.1) is 18.3 Å².